The third-order valence-corrected chi connectivity index (χ3v) is 3.87. The van der Waals surface area contributed by atoms with Gasteiger partial charge in [0, 0.05) is 17.8 Å². The van der Waals surface area contributed by atoms with Gasteiger partial charge in [-0.1, -0.05) is 25.0 Å². The van der Waals surface area contributed by atoms with E-state index >= 15 is 0 Å². The SMILES string of the molecule is Cl.N[C@H](c1ccc2cc[nH]c2c1)C1CCCC1. The predicted molar refractivity (Wildman–Crippen MR) is 74.4 cm³/mol. The largest absolute Gasteiger partial charge is 0.361 e. The molecule has 1 saturated carbocycles. The van der Waals surface area contributed by atoms with E-state index in [1.54, 1.807) is 0 Å². The van der Waals surface area contributed by atoms with E-state index in [1.807, 2.05) is 6.20 Å². The summed E-state index contributed by atoms with van der Waals surface area (Å²) in [6, 6.07) is 8.86. The maximum absolute atomic E-state index is 6.35. The van der Waals surface area contributed by atoms with E-state index in [2.05, 4.69) is 29.2 Å². The van der Waals surface area contributed by atoms with Crippen LogP contribution in [-0.2, 0) is 0 Å². The summed E-state index contributed by atoms with van der Waals surface area (Å²) in [7, 11) is 0. The van der Waals surface area contributed by atoms with Gasteiger partial charge in [-0.3, -0.25) is 0 Å². The lowest BCUT2D eigenvalue weighted by atomic mass is 9.92. The number of H-pyrrole nitrogens is 1. The number of halogens is 1. The lowest BCUT2D eigenvalue weighted by Crippen LogP contribution is -2.18. The molecule has 3 N–H and O–H groups in total. The molecule has 0 radical (unpaired) electrons. The highest BCUT2D eigenvalue weighted by Gasteiger charge is 2.23. The number of nitrogens with two attached hydrogens (primary N) is 1. The predicted octanol–water partition coefficient (Wildman–Crippen LogP) is 3.78. The van der Waals surface area contributed by atoms with E-state index in [9.17, 15) is 0 Å². The van der Waals surface area contributed by atoms with Gasteiger partial charge in [0.2, 0.25) is 0 Å². The fourth-order valence-corrected chi connectivity index (χ4v) is 2.86. The quantitative estimate of drug-likeness (QED) is 0.837. The lowest BCUT2D eigenvalue weighted by Gasteiger charge is -2.19. The first-order valence-electron chi connectivity index (χ1n) is 6.17. The molecule has 92 valence electrons. The Bertz CT molecular complexity index is 486. The number of hydrogen-bond acceptors (Lipinski definition) is 1. The van der Waals surface area contributed by atoms with E-state index in [4.69, 9.17) is 5.73 Å². The molecule has 1 fully saturated rings. The minimum atomic E-state index is 0. The molecule has 1 aliphatic carbocycles. The summed E-state index contributed by atoms with van der Waals surface area (Å²) in [6.45, 7) is 0. The number of aromatic nitrogens is 1. The fourth-order valence-electron chi connectivity index (χ4n) is 2.86. The Morgan fingerprint density at radius 3 is 2.71 bits per heavy atom. The molecule has 2 nitrogen and oxygen atoms in total. The second kappa shape index (κ2) is 5.11. The van der Waals surface area contributed by atoms with Crippen molar-refractivity contribution >= 4 is 23.3 Å². The van der Waals surface area contributed by atoms with Crippen molar-refractivity contribution in [1.82, 2.24) is 4.98 Å². The van der Waals surface area contributed by atoms with Crippen LogP contribution in [0.15, 0.2) is 30.5 Å². The van der Waals surface area contributed by atoms with Crippen LogP contribution in [0.25, 0.3) is 10.9 Å². The molecule has 1 aromatic heterocycles. The molecule has 0 spiro atoms. The van der Waals surface area contributed by atoms with Crippen LogP contribution in [0.2, 0.25) is 0 Å². The minimum absolute atomic E-state index is 0. The Morgan fingerprint density at radius 2 is 1.94 bits per heavy atom. The monoisotopic (exact) mass is 250 g/mol. The average molecular weight is 251 g/mol. The van der Waals surface area contributed by atoms with Crippen molar-refractivity contribution in [2.75, 3.05) is 0 Å². The molecular weight excluding hydrogens is 232 g/mol. The first kappa shape index (κ1) is 12.5. The van der Waals surface area contributed by atoms with Gasteiger partial charge in [-0.25, -0.2) is 0 Å². The van der Waals surface area contributed by atoms with Crippen molar-refractivity contribution in [3.8, 4) is 0 Å². The summed E-state index contributed by atoms with van der Waals surface area (Å²) in [5, 5.41) is 1.27. The zero-order valence-electron chi connectivity index (χ0n) is 9.86. The highest BCUT2D eigenvalue weighted by atomic mass is 35.5. The van der Waals surface area contributed by atoms with Crippen molar-refractivity contribution < 1.29 is 0 Å². The number of nitrogens with one attached hydrogen (secondary N) is 1. The summed E-state index contributed by atoms with van der Waals surface area (Å²) in [5.74, 6) is 0.687. The molecule has 1 atom stereocenters. The number of benzene rings is 1. The van der Waals surface area contributed by atoms with Crippen LogP contribution in [0.3, 0.4) is 0 Å². The van der Waals surface area contributed by atoms with Crippen LogP contribution in [0.1, 0.15) is 37.3 Å². The van der Waals surface area contributed by atoms with E-state index < -0.39 is 0 Å². The van der Waals surface area contributed by atoms with Crippen LogP contribution < -0.4 is 5.73 Å². The van der Waals surface area contributed by atoms with Crippen molar-refractivity contribution in [3.05, 3.63) is 36.0 Å². The zero-order valence-corrected chi connectivity index (χ0v) is 10.7. The molecule has 1 aliphatic rings. The molecule has 1 aromatic carbocycles. The van der Waals surface area contributed by atoms with E-state index in [1.165, 1.54) is 42.1 Å². The molecule has 3 rings (SSSR count). The van der Waals surface area contributed by atoms with Crippen molar-refractivity contribution in [2.45, 2.75) is 31.7 Å². The Hall–Kier alpha value is -0.990. The smallest absolute Gasteiger partial charge is 0.0457 e. The third-order valence-electron chi connectivity index (χ3n) is 3.87. The van der Waals surface area contributed by atoms with Gasteiger partial charge in [0.1, 0.15) is 0 Å². The summed E-state index contributed by atoms with van der Waals surface area (Å²) in [4.78, 5) is 3.25. The average Bonchev–Trinajstić information content (AvgIpc) is 2.98. The van der Waals surface area contributed by atoms with Gasteiger partial charge >= 0.3 is 0 Å². The Morgan fingerprint density at radius 1 is 1.18 bits per heavy atom. The Labute approximate surface area is 108 Å². The van der Waals surface area contributed by atoms with E-state index in [0.29, 0.717) is 5.92 Å². The van der Waals surface area contributed by atoms with Crippen molar-refractivity contribution in [1.29, 1.82) is 0 Å². The molecule has 0 unspecified atom stereocenters. The minimum Gasteiger partial charge on any atom is -0.361 e. The number of rotatable bonds is 2. The van der Waals surface area contributed by atoms with Crippen LogP contribution >= 0.6 is 12.4 Å². The van der Waals surface area contributed by atoms with E-state index in [-0.39, 0.29) is 18.4 Å². The van der Waals surface area contributed by atoms with Gasteiger partial charge in [0.25, 0.3) is 0 Å². The number of aromatic amines is 1. The Kier molecular flexibility index (Phi) is 3.75. The maximum Gasteiger partial charge on any atom is 0.0457 e. The number of fused-ring (bicyclic) bond motifs is 1. The lowest BCUT2D eigenvalue weighted by molar-refractivity contribution is 0.445. The van der Waals surface area contributed by atoms with Gasteiger partial charge < -0.3 is 10.7 Å². The number of hydrogen-bond donors (Lipinski definition) is 2. The van der Waals surface area contributed by atoms with Gasteiger partial charge in [0.05, 0.1) is 0 Å². The van der Waals surface area contributed by atoms with Gasteiger partial charge in [0.15, 0.2) is 0 Å². The molecular formula is C14H19ClN2. The molecule has 0 saturated heterocycles. The highest BCUT2D eigenvalue weighted by molar-refractivity contribution is 5.85. The molecule has 17 heavy (non-hydrogen) atoms. The second-order valence-corrected chi connectivity index (χ2v) is 4.89. The topological polar surface area (TPSA) is 41.8 Å². The van der Waals surface area contributed by atoms with Gasteiger partial charge in [-0.2, -0.15) is 0 Å². The van der Waals surface area contributed by atoms with Crippen LogP contribution in [0.5, 0.6) is 0 Å². The molecule has 2 aromatic rings. The maximum atomic E-state index is 6.35. The third kappa shape index (κ3) is 2.33. The molecule has 0 bridgehead atoms. The van der Waals surface area contributed by atoms with Gasteiger partial charge in [-0.05, 0) is 41.8 Å². The van der Waals surface area contributed by atoms with Crippen LogP contribution in [0, 0.1) is 5.92 Å². The van der Waals surface area contributed by atoms with E-state index in [0.717, 1.165) is 0 Å². The first-order chi connectivity index (χ1) is 7.84. The first-order valence-corrected chi connectivity index (χ1v) is 6.17. The van der Waals surface area contributed by atoms with Crippen molar-refractivity contribution in [3.63, 3.8) is 0 Å². The Balaban J connectivity index is 0.00000108. The normalized spacial score (nSPS) is 18.2. The molecule has 0 aliphatic heterocycles. The van der Waals surface area contributed by atoms with Crippen LogP contribution in [-0.4, -0.2) is 4.98 Å². The fraction of sp³-hybridized carbons (Fsp3) is 0.429. The second-order valence-electron chi connectivity index (χ2n) is 4.89. The van der Waals surface area contributed by atoms with Gasteiger partial charge in [-0.15, -0.1) is 12.4 Å². The highest BCUT2D eigenvalue weighted by Crippen LogP contribution is 2.34. The summed E-state index contributed by atoms with van der Waals surface area (Å²) < 4.78 is 0. The molecule has 3 heteroatoms. The molecule has 0 amide bonds. The molecule has 1 heterocycles. The van der Waals surface area contributed by atoms with Crippen LogP contribution in [0.4, 0.5) is 0 Å². The summed E-state index contributed by atoms with van der Waals surface area (Å²) in [6.07, 6.45) is 7.27. The summed E-state index contributed by atoms with van der Waals surface area (Å²) >= 11 is 0. The van der Waals surface area contributed by atoms with Crippen molar-refractivity contribution in [2.24, 2.45) is 11.7 Å². The standard InChI is InChI=1S/C14H18N2.ClH/c15-14(11-3-1-2-4-11)12-6-5-10-7-8-16-13(10)9-12;/h5-9,11,14,16H,1-4,15H2;1H/t14-;/m0./s1. The summed E-state index contributed by atoms with van der Waals surface area (Å²) in [5.41, 5.74) is 8.83. The zero-order chi connectivity index (χ0) is 11.0.